The van der Waals surface area contributed by atoms with E-state index in [0.29, 0.717) is 21.1 Å². The number of hydrogen-bond acceptors (Lipinski definition) is 6. The molecule has 19 heavy (non-hydrogen) atoms. The summed E-state index contributed by atoms with van der Waals surface area (Å²) in [6.45, 7) is -0.0882. The van der Waals surface area contributed by atoms with Gasteiger partial charge in [0.25, 0.3) is 5.56 Å². The third kappa shape index (κ3) is 2.94. The van der Waals surface area contributed by atoms with Crippen LogP contribution in [0.3, 0.4) is 0 Å². The Morgan fingerprint density at radius 2 is 2.42 bits per heavy atom. The van der Waals surface area contributed by atoms with Crippen molar-refractivity contribution in [1.29, 1.82) is 5.26 Å². The molecule has 0 spiro atoms. The second-order valence-corrected chi connectivity index (χ2v) is 5.55. The SMILES string of the molecule is N#CCn1c(SCCC(=O)O)nc2ccsc2c1=O. The Labute approximate surface area is 116 Å². The van der Waals surface area contributed by atoms with E-state index in [9.17, 15) is 9.59 Å². The van der Waals surface area contributed by atoms with E-state index in [0.717, 1.165) is 0 Å². The van der Waals surface area contributed by atoms with Crippen LogP contribution >= 0.6 is 23.1 Å². The standard InChI is InChI=1S/C11H9N3O3S2/c12-3-4-14-10(17)9-7(1-5-18-9)13-11(14)19-6-2-8(15)16/h1,5H,2,4,6H2,(H,15,16). The van der Waals surface area contributed by atoms with E-state index < -0.39 is 5.97 Å². The number of thiophene rings is 1. The third-order valence-corrected chi connectivity index (χ3v) is 4.18. The zero-order chi connectivity index (χ0) is 13.8. The van der Waals surface area contributed by atoms with Crippen LogP contribution in [0, 0.1) is 11.3 Å². The van der Waals surface area contributed by atoms with Crippen LogP contribution in [0.25, 0.3) is 10.2 Å². The zero-order valence-electron chi connectivity index (χ0n) is 9.70. The van der Waals surface area contributed by atoms with Crippen LogP contribution in [0.2, 0.25) is 0 Å². The predicted octanol–water partition coefficient (Wildman–Crippen LogP) is 1.55. The molecule has 0 aliphatic carbocycles. The first-order chi connectivity index (χ1) is 9.13. The minimum Gasteiger partial charge on any atom is -0.481 e. The Bertz CT molecular complexity index is 714. The molecule has 0 fully saturated rings. The van der Waals surface area contributed by atoms with E-state index in [1.807, 2.05) is 6.07 Å². The number of carboxylic acids is 1. The van der Waals surface area contributed by atoms with Crippen LogP contribution in [0.1, 0.15) is 6.42 Å². The first-order valence-electron chi connectivity index (χ1n) is 5.33. The molecule has 0 unspecified atom stereocenters. The van der Waals surface area contributed by atoms with Crippen molar-refractivity contribution in [2.45, 2.75) is 18.1 Å². The highest BCUT2D eigenvalue weighted by Gasteiger charge is 2.12. The summed E-state index contributed by atoms with van der Waals surface area (Å²) in [7, 11) is 0. The van der Waals surface area contributed by atoms with Gasteiger partial charge in [-0.1, -0.05) is 11.8 Å². The number of thioether (sulfide) groups is 1. The Morgan fingerprint density at radius 3 is 3.11 bits per heavy atom. The molecule has 2 rings (SSSR count). The van der Waals surface area contributed by atoms with Gasteiger partial charge in [0.1, 0.15) is 11.2 Å². The quantitative estimate of drug-likeness (QED) is 0.664. The van der Waals surface area contributed by atoms with Gasteiger partial charge in [0, 0.05) is 5.75 Å². The molecule has 98 valence electrons. The van der Waals surface area contributed by atoms with Gasteiger partial charge in [0.2, 0.25) is 0 Å². The van der Waals surface area contributed by atoms with Crippen LogP contribution in [-0.2, 0) is 11.3 Å². The second-order valence-electron chi connectivity index (χ2n) is 3.57. The van der Waals surface area contributed by atoms with Gasteiger partial charge < -0.3 is 5.11 Å². The number of fused-ring (bicyclic) bond motifs is 1. The molecule has 0 bridgehead atoms. The molecular formula is C11H9N3O3S2. The number of hydrogen-bond donors (Lipinski definition) is 1. The van der Waals surface area contributed by atoms with E-state index in [1.54, 1.807) is 11.4 Å². The van der Waals surface area contributed by atoms with Crippen molar-refractivity contribution in [3.8, 4) is 6.07 Å². The molecule has 0 aromatic carbocycles. The fraction of sp³-hybridized carbons (Fsp3) is 0.273. The van der Waals surface area contributed by atoms with Gasteiger partial charge in [-0.15, -0.1) is 11.3 Å². The lowest BCUT2D eigenvalue weighted by molar-refractivity contribution is -0.136. The zero-order valence-corrected chi connectivity index (χ0v) is 11.3. The van der Waals surface area contributed by atoms with Gasteiger partial charge in [-0.2, -0.15) is 5.26 Å². The Morgan fingerprint density at radius 1 is 1.63 bits per heavy atom. The first-order valence-corrected chi connectivity index (χ1v) is 7.19. The number of carbonyl (C=O) groups is 1. The van der Waals surface area contributed by atoms with E-state index in [-0.39, 0.29) is 18.5 Å². The Balaban J connectivity index is 2.40. The number of aliphatic carboxylic acids is 1. The molecule has 0 saturated heterocycles. The van der Waals surface area contributed by atoms with Crippen molar-refractivity contribution < 1.29 is 9.90 Å². The fourth-order valence-corrected chi connectivity index (χ4v) is 3.18. The van der Waals surface area contributed by atoms with Crippen LogP contribution in [0.4, 0.5) is 0 Å². The van der Waals surface area contributed by atoms with Gasteiger partial charge in [0.05, 0.1) is 18.0 Å². The molecule has 0 saturated carbocycles. The lowest BCUT2D eigenvalue weighted by Gasteiger charge is -2.07. The molecule has 0 aliphatic rings. The molecule has 2 heterocycles. The minimum atomic E-state index is -0.904. The minimum absolute atomic E-state index is 0.0191. The summed E-state index contributed by atoms with van der Waals surface area (Å²) >= 11 is 2.46. The largest absolute Gasteiger partial charge is 0.481 e. The highest BCUT2D eigenvalue weighted by Crippen LogP contribution is 2.21. The summed E-state index contributed by atoms with van der Waals surface area (Å²) in [5.74, 6) is -0.596. The summed E-state index contributed by atoms with van der Waals surface area (Å²) in [5.41, 5.74) is 0.335. The summed E-state index contributed by atoms with van der Waals surface area (Å²) in [6.07, 6.45) is -0.0191. The van der Waals surface area contributed by atoms with Gasteiger partial charge in [-0.05, 0) is 11.4 Å². The smallest absolute Gasteiger partial charge is 0.304 e. The van der Waals surface area contributed by atoms with Crippen molar-refractivity contribution in [3.63, 3.8) is 0 Å². The lowest BCUT2D eigenvalue weighted by Crippen LogP contribution is -2.22. The van der Waals surface area contributed by atoms with Crippen molar-refractivity contribution in [3.05, 3.63) is 21.8 Å². The normalized spacial score (nSPS) is 10.5. The first kappa shape index (κ1) is 13.6. The van der Waals surface area contributed by atoms with E-state index in [1.165, 1.54) is 27.7 Å². The molecule has 0 aliphatic heterocycles. The highest BCUT2D eigenvalue weighted by molar-refractivity contribution is 7.99. The number of nitriles is 1. The fourth-order valence-electron chi connectivity index (χ4n) is 1.47. The molecule has 8 heteroatoms. The third-order valence-electron chi connectivity index (χ3n) is 2.31. The molecule has 1 N–H and O–H groups in total. The average Bonchev–Trinajstić information content (AvgIpc) is 2.82. The predicted molar refractivity (Wildman–Crippen MR) is 72.5 cm³/mol. The molecule has 0 atom stereocenters. The topological polar surface area (TPSA) is 96.0 Å². The number of nitrogens with zero attached hydrogens (tertiary/aromatic N) is 3. The van der Waals surface area contributed by atoms with Crippen molar-refractivity contribution in [2.24, 2.45) is 0 Å². The summed E-state index contributed by atoms with van der Waals surface area (Å²) in [5, 5.41) is 19.5. The van der Waals surface area contributed by atoms with E-state index in [2.05, 4.69) is 4.98 Å². The van der Waals surface area contributed by atoms with E-state index >= 15 is 0 Å². The van der Waals surface area contributed by atoms with Crippen LogP contribution < -0.4 is 5.56 Å². The average molecular weight is 295 g/mol. The van der Waals surface area contributed by atoms with Crippen molar-refractivity contribution >= 4 is 39.3 Å². The molecule has 2 aromatic rings. The Hall–Kier alpha value is -1.85. The van der Waals surface area contributed by atoms with Gasteiger partial charge in [-0.3, -0.25) is 14.2 Å². The van der Waals surface area contributed by atoms with Gasteiger partial charge >= 0.3 is 5.97 Å². The maximum absolute atomic E-state index is 12.1. The van der Waals surface area contributed by atoms with Crippen molar-refractivity contribution in [1.82, 2.24) is 9.55 Å². The number of aromatic nitrogens is 2. The number of carboxylic acid groups (broad SMARTS) is 1. The van der Waals surface area contributed by atoms with Crippen LogP contribution in [0.15, 0.2) is 21.4 Å². The van der Waals surface area contributed by atoms with E-state index in [4.69, 9.17) is 10.4 Å². The monoisotopic (exact) mass is 295 g/mol. The number of rotatable bonds is 5. The van der Waals surface area contributed by atoms with Gasteiger partial charge in [0.15, 0.2) is 5.16 Å². The van der Waals surface area contributed by atoms with Crippen molar-refractivity contribution in [2.75, 3.05) is 5.75 Å². The summed E-state index contributed by atoms with van der Waals surface area (Å²) in [6, 6.07) is 3.65. The molecule has 0 amide bonds. The molecular weight excluding hydrogens is 286 g/mol. The molecule has 2 aromatic heterocycles. The lowest BCUT2D eigenvalue weighted by atomic mass is 10.4. The maximum Gasteiger partial charge on any atom is 0.304 e. The maximum atomic E-state index is 12.1. The molecule has 0 radical (unpaired) electrons. The Kier molecular flexibility index (Phi) is 4.19. The van der Waals surface area contributed by atoms with Crippen LogP contribution in [-0.4, -0.2) is 26.4 Å². The van der Waals surface area contributed by atoms with Crippen LogP contribution in [0.5, 0.6) is 0 Å². The van der Waals surface area contributed by atoms with Gasteiger partial charge in [-0.25, -0.2) is 4.98 Å². The summed E-state index contributed by atoms with van der Waals surface area (Å²) in [4.78, 5) is 26.9. The second kappa shape index (κ2) is 5.86. The summed E-state index contributed by atoms with van der Waals surface area (Å²) < 4.78 is 1.79. The molecule has 6 nitrogen and oxygen atoms in total. The highest BCUT2D eigenvalue weighted by atomic mass is 32.2.